The van der Waals surface area contributed by atoms with Crippen molar-refractivity contribution in [3.05, 3.63) is 81.7 Å². The third-order valence-electron chi connectivity index (χ3n) is 6.85. The number of ether oxygens (including phenoxy) is 1. The molecule has 0 spiro atoms. The molecule has 190 valence electrons. The average molecular weight is 529 g/mol. The Balaban J connectivity index is 1.37. The van der Waals surface area contributed by atoms with Crippen LogP contribution in [0.2, 0.25) is 5.02 Å². The zero-order valence-electron chi connectivity index (χ0n) is 20.1. The molecule has 1 saturated carbocycles. The summed E-state index contributed by atoms with van der Waals surface area (Å²) in [6.45, 7) is 4.16. The Kier molecular flexibility index (Phi) is 7.05. The van der Waals surface area contributed by atoms with Gasteiger partial charge in [-0.1, -0.05) is 54.9 Å². The lowest BCUT2D eigenvalue weighted by Crippen LogP contribution is -2.49. The highest BCUT2D eigenvalue weighted by atomic mass is 35.5. The number of sulfonamides is 1. The van der Waals surface area contributed by atoms with Crippen LogP contribution in [0.15, 0.2) is 65.6 Å². The van der Waals surface area contributed by atoms with E-state index >= 15 is 0 Å². The van der Waals surface area contributed by atoms with Crippen molar-refractivity contribution in [3.8, 4) is 11.4 Å². The summed E-state index contributed by atoms with van der Waals surface area (Å²) in [6, 6.07) is 16.1. The summed E-state index contributed by atoms with van der Waals surface area (Å²) in [4.78, 5) is 15.5. The molecule has 0 radical (unpaired) electrons. The quantitative estimate of drug-likeness (QED) is 0.444. The molecule has 1 aliphatic heterocycles. The Morgan fingerprint density at radius 2 is 1.78 bits per heavy atom. The summed E-state index contributed by atoms with van der Waals surface area (Å²) < 4.78 is 34.9. The third-order valence-corrected chi connectivity index (χ3v) is 8.94. The van der Waals surface area contributed by atoms with Crippen LogP contribution < -0.4 is 15.2 Å². The lowest BCUT2D eigenvalue weighted by atomic mass is 10.2. The number of benzene rings is 2. The summed E-state index contributed by atoms with van der Waals surface area (Å²) in [6.07, 6.45) is 2.71. The lowest BCUT2D eigenvalue weighted by Gasteiger charge is -2.35. The van der Waals surface area contributed by atoms with Gasteiger partial charge in [-0.25, -0.2) is 8.42 Å². The van der Waals surface area contributed by atoms with E-state index in [4.69, 9.17) is 16.3 Å². The van der Waals surface area contributed by atoms with Gasteiger partial charge in [-0.15, -0.1) is 0 Å². The first-order chi connectivity index (χ1) is 17.3. The van der Waals surface area contributed by atoms with Crippen molar-refractivity contribution in [2.45, 2.75) is 19.1 Å². The van der Waals surface area contributed by atoms with E-state index in [0.29, 0.717) is 61.0 Å². The number of nitrogens with zero attached hydrogens (tertiary/aromatic N) is 4. The van der Waals surface area contributed by atoms with Crippen LogP contribution in [0.4, 0.5) is 5.69 Å². The highest BCUT2D eigenvalue weighted by Gasteiger charge is 2.34. The molecule has 10 heteroatoms. The van der Waals surface area contributed by atoms with Crippen LogP contribution in [0, 0.1) is 11.8 Å². The van der Waals surface area contributed by atoms with E-state index in [1.54, 1.807) is 30.5 Å². The minimum absolute atomic E-state index is 0.0288. The molecule has 2 atom stereocenters. The van der Waals surface area contributed by atoms with Gasteiger partial charge in [0.05, 0.1) is 24.2 Å². The number of hydrogen-bond donors (Lipinski definition) is 0. The van der Waals surface area contributed by atoms with Crippen LogP contribution >= 0.6 is 11.6 Å². The van der Waals surface area contributed by atoms with Crippen molar-refractivity contribution in [2.75, 3.05) is 37.7 Å². The average Bonchev–Trinajstić information content (AvgIpc) is 3.58. The topological polar surface area (TPSA) is 84.7 Å². The van der Waals surface area contributed by atoms with E-state index in [2.05, 4.69) is 12.0 Å². The van der Waals surface area contributed by atoms with Gasteiger partial charge in [0.1, 0.15) is 5.69 Å². The zero-order valence-corrected chi connectivity index (χ0v) is 21.7. The number of rotatable bonds is 8. The smallest absolute Gasteiger partial charge is 0.316 e. The van der Waals surface area contributed by atoms with Crippen LogP contribution in [0.1, 0.15) is 18.9 Å². The Labute approximate surface area is 216 Å². The normalized spacial score (nSPS) is 20.3. The van der Waals surface area contributed by atoms with Crippen LogP contribution in [0.25, 0.3) is 5.69 Å². The van der Waals surface area contributed by atoms with Gasteiger partial charge in [-0.05, 0) is 42.0 Å². The van der Waals surface area contributed by atoms with Crippen LogP contribution in [-0.4, -0.2) is 55.3 Å². The molecule has 36 heavy (non-hydrogen) atoms. The van der Waals surface area contributed by atoms with Crippen LogP contribution in [0.5, 0.6) is 5.75 Å². The fraction of sp³-hybridized carbons (Fsp3) is 0.385. The summed E-state index contributed by atoms with van der Waals surface area (Å²) >= 11 is 6.13. The van der Waals surface area contributed by atoms with Gasteiger partial charge in [0.15, 0.2) is 0 Å². The van der Waals surface area contributed by atoms with Gasteiger partial charge in [0.2, 0.25) is 15.8 Å². The lowest BCUT2D eigenvalue weighted by molar-refractivity contribution is 0.286. The van der Waals surface area contributed by atoms with Gasteiger partial charge in [-0.2, -0.15) is 14.1 Å². The van der Waals surface area contributed by atoms with E-state index in [1.807, 2.05) is 35.2 Å². The highest BCUT2D eigenvalue weighted by molar-refractivity contribution is 7.88. The SMILES string of the molecule is CC1CC1COc1c(N2CCN(S(=O)(=O)Cc3ccccc3)CC2)cnn(-c2cccc(Cl)c2)c1=O. The number of halogens is 1. The first-order valence-corrected chi connectivity index (χ1v) is 14.1. The minimum atomic E-state index is -3.45. The predicted octanol–water partition coefficient (Wildman–Crippen LogP) is 3.57. The molecule has 2 aliphatic rings. The fourth-order valence-electron chi connectivity index (χ4n) is 4.49. The van der Waals surface area contributed by atoms with Crippen LogP contribution in [0.3, 0.4) is 0 Å². The molecular formula is C26H29ClN4O4S. The Hall–Kier alpha value is -2.88. The Morgan fingerprint density at radius 3 is 2.44 bits per heavy atom. The van der Waals surface area contributed by atoms with Crippen molar-refractivity contribution >= 4 is 27.3 Å². The summed E-state index contributed by atoms with van der Waals surface area (Å²) in [7, 11) is -3.45. The monoisotopic (exact) mass is 528 g/mol. The number of hydrogen-bond acceptors (Lipinski definition) is 6. The second-order valence-corrected chi connectivity index (χ2v) is 11.9. The second-order valence-electron chi connectivity index (χ2n) is 9.47. The van der Waals surface area contributed by atoms with E-state index in [1.165, 1.54) is 8.99 Å². The van der Waals surface area contributed by atoms with Crippen molar-refractivity contribution in [1.29, 1.82) is 0 Å². The maximum absolute atomic E-state index is 13.5. The van der Waals surface area contributed by atoms with Gasteiger partial charge >= 0.3 is 5.56 Å². The molecule has 0 amide bonds. The molecule has 2 heterocycles. The number of anilines is 1. The number of aromatic nitrogens is 2. The molecule has 3 aromatic rings. The first kappa shape index (κ1) is 24.8. The zero-order chi connectivity index (χ0) is 25.3. The van der Waals surface area contributed by atoms with E-state index in [0.717, 1.165) is 12.0 Å². The molecule has 1 aliphatic carbocycles. The molecule has 2 aromatic carbocycles. The molecule has 2 fully saturated rings. The molecule has 2 unspecified atom stereocenters. The molecule has 1 saturated heterocycles. The van der Waals surface area contributed by atoms with Crippen molar-refractivity contribution in [2.24, 2.45) is 11.8 Å². The van der Waals surface area contributed by atoms with Crippen LogP contribution in [-0.2, 0) is 15.8 Å². The third kappa shape index (κ3) is 5.43. The number of piperazine rings is 1. The maximum atomic E-state index is 13.5. The van der Waals surface area contributed by atoms with E-state index in [9.17, 15) is 13.2 Å². The van der Waals surface area contributed by atoms with E-state index in [-0.39, 0.29) is 17.1 Å². The first-order valence-electron chi connectivity index (χ1n) is 12.1. The van der Waals surface area contributed by atoms with E-state index < -0.39 is 10.0 Å². The van der Waals surface area contributed by atoms with Gasteiger partial charge in [-0.3, -0.25) is 4.79 Å². The van der Waals surface area contributed by atoms with Gasteiger partial charge < -0.3 is 9.64 Å². The fourth-order valence-corrected chi connectivity index (χ4v) is 6.19. The van der Waals surface area contributed by atoms with Crippen molar-refractivity contribution < 1.29 is 13.2 Å². The molecule has 5 rings (SSSR count). The molecule has 0 N–H and O–H groups in total. The highest BCUT2D eigenvalue weighted by Crippen LogP contribution is 2.38. The molecule has 0 bridgehead atoms. The van der Waals surface area contributed by atoms with Crippen molar-refractivity contribution in [1.82, 2.24) is 14.1 Å². The molecule has 1 aromatic heterocycles. The predicted molar refractivity (Wildman–Crippen MR) is 140 cm³/mol. The second kappa shape index (κ2) is 10.2. The van der Waals surface area contributed by atoms with Crippen molar-refractivity contribution in [3.63, 3.8) is 0 Å². The Morgan fingerprint density at radius 1 is 1.06 bits per heavy atom. The molecule has 8 nitrogen and oxygen atoms in total. The minimum Gasteiger partial charge on any atom is -0.486 e. The molecular weight excluding hydrogens is 500 g/mol. The Bertz CT molecular complexity index is 1390. The summed E-state index contributed by atoms with van der Waals surface area (Å²) in [5.41, 5.74) is 1.55. The standard InChI is InChI=1S/C26H29ClN4O4S/c1-19-14-21(19)17-35-25-24(16-28-31(26(25)32)23-9-5-8-22(27)15-23)29-10-12-30(13-11-29)36(33,34)18-20-6-3-2-4-7-20/h2-9,15-16,19,21H,10-14,17-18H2,1H3. The summed E-state index contributed by atoms with van der Waals surface area (Å²) in [5.74, 6) is 1.23. The summed E-state index contributed by atoms with van der Waals surface area (Å²) in [5, 5.41) is 4.91. The largest absolute Gasteiger partial charge is 0.486 e. The maximum Gasteiger partial charge on any atom is 0.316 e. The van der Waals surface area contributed by atoms with Gasteiger partial charge in [0, 0.05) is 31.2 Å². The van der Waals surface area contributed by atoms with Gasteiger partial charge in [0.25, 0.3) is 0 Å².